The van der Waals surface area contributed by atoms with Crippen molar-refractivity contribution in [3.63, 3.8) is 0 Å². The maximum atomic E-state index is 4.24. The number of hydrogen-bond acceptors (Lipinski definition) is 3. The van der Waals surface area contributed by atoms with Crippen molar-refractivity contribution in [3.05, 3.63) is 40.1 Å². The zero-order valence-electron chi connectivity index (χ0n) is 9.73. The Balaban J connectivity index is 1.69. The normalized spacial score (nSPS) is 10.9. The number of aryl methyl sites for hydroxylation is 2. The predicted octanol–water partition coefficient (Wildman–Crippen LogP) is 2.12. The summed E-state index contributed by atoms with van der Waals surface area (Å²) in [7, 11) is 2.05. The van der Waals surface area contributed by atoms with E-state index in [0.29, 0.717) is 0 Å². The second-order valence-corrected chi connectivity index (χ2v) is 5.28. The van der Waals surface area contributed by atoms with E-state index in [2.05, 4.69) is 33.3 Å². The Bertz CT molecular complexity index is 402. The zero-order chi connectivity index (χ0) is 11.4. The number of nitrogens with one attached hydrogen (secondary N) is 1. The molecule has 16 heavy (non-hydrogen) atoms. The van der Waals surface area contributed by atoms with Gasteiger partial charge in [0, 0.05) is 43.6 Å². The van der Waals surface area contributed by atoms with Crippen LogP contribution >= 0.6 is 11.3 Å². The Labute approximate surface area is 100 Å². The molecular weight excluding hydrogens is 218 g/mol. The molecule has 0 spiro atoms. The van der Waals surface area contributed by atoms with Gasteiger partial charge in [0.1, 0.15) is 0 Å². The van der Waals surface area contributed by atoms with Gasteiger partial charge in [-0.2, -0.15) is 0 Å². The van der Waals surface area contributed by atoms with Crippen molar-refractivity contribution < 1.29 is 0 Å². The number of aromatic nitrogens is 2. The summed E-state index contributed by atoms with van der Waals surface area (Å²) in [6.45, 7) is 4.00. The zero-order valence-corrected chi connectivity index (χ0v) is 10.5. The summed E-state index contributed by atoms with van der Waals surface area (Å²) in [5, 5.41) is 4.59. The second kappa shape index (κ2) is 5.27. The lowest BCUT2D eigenvalue weighted by molar-refractivity contribution is 0.689. The van der Waals surface area contributed by atoms with Gasteiger partial charge in [-0.3, -0.25) is 0 Å². The molecule has 2 heterocycles. The highest BCUT2D eigenvalue weighted by Gasteiger charge is 1.98. The van der Waals surface area contributed by atoms with Gasteiger partial charge in [0.05, 0.1) is 5.01 Å². The number of hydrogen-bond donors (Lipinski definition) is 1. The molecule has 0 fully saturated rings. The first-order valence-electron chi connectivity index (χ1n) is 5.47. The van der Waals surface area contributed by atoms with Gasteiger partial charge in [-0.25, -0.2) is 4.98 Å². The van der Waals surface area contributed by atoms with E-state index in [1.165, 1.54) is 10.4 Å². The smallest absolute Gasteiger partial charge is 0.0896 e. The molecule has 0 amide bonds. The maximum absolute atomic E-state index is 4.24. The minimum absolute atomic E-state index is 0.943. The molecule has 0 aromatic carbocycles. The molecule has 0 aliphatic rings. The summed E-state index contributed by atoms with van der Waals surface area (Å²) in [6.07, 6.45) is 7.26. The lowest BCUT2D eigenvalue weighted by Gasteiger charge is -2.01. The van der Waals surface area contributed by atoms with Gasteiger partial charge in [-0.15, -0.1) is 11.3 Å². The molecule has 2 aromatic heterocycles. The van der Waals surface area contributed by atoms with E-state index in [4.69, 9.17) is 0 Å². The molecule has 0 aliphatic carbocycles. The van der Waals surface area contributed by atoms with Crippen LogP contribution in [0.3, 0.4) is 0 Å². The molecule has 3 nitrogen and oxygen atoms in total. The molecule has 4 heteroatoms. The largest absolute Gasteiger partial charge is 0.357 e. The van der Waals surface area contributed by atoms with Gasteiger partial charge in [-0.1, -0.05) is 0 Å². The molecule has 0 saturated carbocycles. The molecule has 2 aromatic rings. The summed E-state index contributed by atoms with van der Waals surface area (Å²) in [6, 6.07) is 2.14. The average molecular weight is 235 g/mol. The van der Waals surface area contributed by atoms with Gasteiger partial charge in [0.25, 0.3) is 0 Å². The first-order valence-corrected chi connectivity index (χ1v) is 6.28. The van der Waals surface area contributed by atoms with Crippen molar-refractivity contribution in [2.45, 2.75) is 19.9 Å². The predicted molar refractivity (Wildman–Crippen MR) is 67.7 cm³/mol. The van der Waals surface area contributed by atoms with Crippen molar-refractivity contribution in [1.29, 1.82) is 0 Å². The fourth-order valence-electron chi connectivity index (χ4n) is 1.63. The van der Waals surface area contributed by atoms with E-state index >= 15 is 0 Å². The van der Waals surface area contributed by atoms with Crippen LogP contribution < -0.4 is 5.32 Å². The Hall–Kier alpha value is -1.13. The highest BCUT2D eigenvalue weighted by molar-refractivity contribution is 7.11. The fourth-order valence-corrected chi connectivity index (χ4v) is 2.43. The van der Waals surface area contributed by atoms with Crippen LogP contribution in [0.2, 0.25) is 0 Å². The Morgan fingerprint density at radius 3 is 3.00 bits per heavy atom. The van der Waals surface area contributed by atoms with Crippen LogP contribution in [-0.2, 0) is 20.0 Å². The van der Waals surface area contributed by atoms with Crippen molar-refractivity contribution in [2.75, 3.05) is 6.54 Å². The Kier molecular flexibility index (Phi) is 3.74. The van der Waals surface area contributed by atoms with Crippen LogP contribution in [0.25, 0.3) is 0 Å². The van der Waals surface area contributed by atoms with Crippen LogP contribution in [0.15, 0.2) is 24.7 Å². The third-order valence-electron chi connectivity index (χ3n) is 2.44. The molecule has 1 N–H and O–H groups in total. The Morgan fingerprint density at radius 2 is 2.38 bits per heavy atom. The van der Waals surface area contributed by atoms with Crippen molar-refractivity contribution >= 4 is 11.3 Å². The van der Waals surface area contributed by atoms with E-state index in [-0.39, 0.29) is 0 Å². The number of rotatable bonds is 5. The average Bonchev–Trinajstić information content (AvgIpc) is 2.83. The van der Waals surface area contributed by atoms with E-state index in [0.717, 1.165) is 24.5 Å². The third-order valence-corrected chi connectivity index (χ3v) is 3.41. The number of thiazole rings is 1. The van der Waals surface area contributed by atoms with Crippen LogP contribution in [0, 0.1) is 6.92 Å². The van der Waals surface area contributed by atoms with Crippen LogP contribution in [-0.4, -0.2) is 16.1 Å². The Morgan fingerprint density at radius 1 is 1.50 bits per heavy atom. The number of nitrogens with zero attached hydrogens (tertiary/aromatic N) is 2. The quantitative estimate of drug-likeness (QED) is 0.805. The third kappa shape index (κ3) is 3.18. The maximum Gasteiger partial charge on any atom is 0.0896 e. The summed E-state index contributed by atoms with van der Waals surface area (Å²) in [5.74, 6) is 0. The molecule has 2 rings (SSSR count). The van der Waals surface area contributed by atoms with Gasteiger partial charge in [0.15, 0.2) is 0 Å². The van der Waals surface area contributed by atoms with Gasteiger partial charge < -0.3 is 9.88 Å². The lowest BCUT2D eigenvalue weighted by Crippen LogP contribution is -2.15. The molecule has 0 radical (unpaired) electrons. The van der Waals surface area contributed by atoms with Gasteiger partial charge in [-0.05, 0) is 25.0 Å². The standard InChI is InChI=1S/C12H17N3S/c1-10-14-8-12(16-10)3-5-13-7-11-4-6-15(2)9-11/h4,6,8-9,13H,3,5,7H2,1-2H3. The van der Waals surface area contributed by atoms with Crippen LogP contribution in [0.4, 0.5) is 0 Å². The highest BCUT2D eigenvalue weighted by atomic mass is 32.1. The van der Waals surface area contributed by atoms with Gasteiger partial charge >= 0.3 is 0 Å². The van der Waals surface area contributed by atoms with E-state index < -0.39 is 0 Å². The topological polar surface area (TPSA) is 29.9 Å². The lowest BCUT2D eigenvalue weighted by atomic mass is 10.3. The van der Waals surface area contributed by atoms with Gasteiger partial charge in [0.2, 0.25) is 0 Å². The molecule has 86 valence electrons. The molecule has 0 bridgehead atoms. The second-order valence-electron chi connectivity index (χ2n) is 3.96. The van der Waals surface area contributed by atoms with E-state index in [1.807, 2.05) is 20.2 Å². The summed E-state index contributed by atoms with van der Waals surface area (Å²) < 4.78 is 2.07. The minimum atomic E-state index is 0.943. The summed E-state index contributed by atoms with van der Waals surface area (Å²) >= 11 is 1.78. The van der Waals surface area contributed by atoms with E-state index in [9.17, 15) is 0 Å². The SMILES string of the molecule is Cc1ncc(CCNCc2ccn(C)c2)s1. The molecule has 0 saturated heterocycles. The molecule has 0 atom stereocenters. The molecular formula is C12H17N3S. The first kappa shape index (κ1) is 11.4. The van der Waals surface area contributed by atoms with Crippen molar-refractivity contribution in [3.8, 4) is 0 Å². The van der Waals surface area contributed by atoms with Crippen LogP contribution in [0.1, 0.15) is 15.4 Å². The molecule has 0 aliphatic heterocycles. The van der Waals surface area contributed by atoms with E-state index in [1.54, 1.807) is 11.3 Å². The summed E-state index contributed by atoms with van der Waals surface area (Å²) in [5.41, 5.74) is 1.34. The minimum Gasteiger partial charge on any atom is -0.357 e. The summed E-state index contributed by atoms with van der Waals surface area (Å²) in [4.78, 5) is 5.60. The fraction of sp³-hybridized carbons (Fsp3) is 0.417. The monoisotopic (exact) mass is 235 g/mol. The first-order chi connectivity index (χ1) is 7.74. The van der Waals surface area contributed by atoms with Crippen LogP contribution in [0.5, 0.6) is 0 Å². The van der Waals surface area contributed by atoms with Crippen molar-refractivity contribution in [2.24, 2.45) is 7.05 Å². The van der Waals surface area contributed by atoms with Crippen molar-refractivity contribution in [1.82, 2.24) is 14.9 Å². The highest BCUT2D eigenvalue weighted by Crippen LogP contribution is 2.11. The molecule has 0 unspecified atom stereocenters.